The SMILES string of the molecule is C=S(C)(=O)c1ccc(C(=O)O)c([N+](=O)[O-])c1. The maximum Gasteiger partial charge on any atom is 0.342 e. The molecule has 0 amide bonds. The summed E-state index contributed by atoms with van der Waals surface area (Å²) in [5.74, 6) is 1.98. The van der Waals surface area contributed by atoms with Crippen LogP contribution in [-0.2, 0) is 9.52 Å². The molecule has 1 rings (SSSR count). The van der Waals surface area contributed by atoms with E-state index in [1.54, 1.807) is 0 Å². The van der Waals surface area contributed by atoms with Crippen molar-refractivity contribution in [2.24, 2.45) is 0 Å². The number of carboxylic acid groups (broad SMARTS) is 1. The highest BCUT2D eigenvalue weighted by Crippen LogP contribution is 2.22. The Bertz CT molecular complexity index is 561. The van der Waals surface area contributed by atoms with Gasteiger partial charge in [0, 0.05) is 17.2 Å². The summed E-state index contributed by atoms with van der Waals surface area (Å²) in [7, 11) is -2.60. The molecule has 0 aliphatic rings. The average Bonchev–Trinajstić information content (AvgIpc) is 2.15. The molecule has 1 aromatic carbocycles. The van der Waals surface area contributed by atoms with Crippen molar-refractivity contribution in [3.05, 3.63) is 33.9 Å². The molecule has 0 radical (unpaired) electrons. The molecule has 0 bridgehead atoms. The highest BCUT2D eigenvalue weighted by atomic mass is 32.2. The van der Waals surface area contributed by atoms with E-state index in [1.165, 1.54) is 12.3 Å². The second kappa shape index (κ2) is 3.93. The summed E-state index contributed by atoms with van der Waals surface area (Å²) >= 11 is 0. The molecule has 6 nitrogen and oxygen atoms in total. The van der Waals surface area contributed by atoms with Gasteiger partial charge >= 0.3 is 5.97 Å². The fourth-order valence-electron chi connectivity index (χ4n) is 1.11. The third-order valence-corrected chi connectivity index (χ3v) is 3.15. The zero-order valence-electron chi connectivity index (χ0n) is 8.37. The second-order valence-corrected chi connectivity index (χ2v) is 5.73. The van der Waals surface area contributed by atoms with Crippen molar-refractivity contribution in [3.63, 3.8) is 0 Å². The molecule has 16 heavy (non-hydrogen) atoms. The monoisotopic (exact) mass is 243 g/mol. The van der Waals surface area contributed by atoms with Crippen LogP contribution in [0.3, 0.4) is 0 Å². The molecule has 1 aromatic rings. The van der Waals surface area contributed by atoms with Crippen LogP contribution in [0.2, 0.25) is 0 Å². The predicted molar refractivity (Wildman–Crippen MR) is 59.5 cm³/mol. The van der Waals surface area contributed by atoms with Gasteiger partial charge in [0.05, 0.1) is 4.92 Å². The summed E-state index contributed by atoms with van der Waals surface area (Å²) in [6.45, 7) is 0. The van der Waals surface area contributed by atoms with Gasteiger partial charge in [0.1, 0.15) is 5.56 Å². The Morgan fingerprint density at radius 1 is 1.56 bits per heavy atom. The lowest BCUT2D eigenvalue weighted by Gasteiger charge is -2.04. The van der Waals surface area contributed by atoms with Crippen LogP contribution in [0.5, 0.6) is 0 Å². The van der Waals surface area contributed by atoms with Gasteiger partial charge in [0.15, 0.2) is 0 Å². The summed E-state index contributed by atoms with van der Waals surface area (Å²) in [5, 5.41) is 19.4. The van der Waals surface area contributed by atoms with Crippen molar-refractivity contribution < 1.29 is 19.0 Å². The van der Waals surface area contributed by atoms with Crippen LogP contribution in [0.4, 0.5) is 5.69 Å². The van der Waals surface area contributed by atoms with Crippen molar-refractivity contribution in [2.75, 3.05) is 6.26 Å². The molecule has 0 spiro atoms. The van der Waals surface area contributed by atoms with Gasteiger partial charge in [-0.1, -0.05) is 0 Å². The van der Waals surface area contributed by atoms with Crippen LogP contribution in [0.25, 0.3) is 0 Å². The predicted octanol–water partition coefficient (Wildman–Crippen LogP) is 0.998. The van der Waals surface area contributed by atoms with E-state index in [2.05, 4.69) is 5.87 Å². The molecule has 0 heterocycles. The van der Waals surface area contributed by atoms with E-state index in [9.17, 15) is 19.1 Å². The summed E-state index contributed by atoms with van der Waals surface area (Å²) in [6.07, 6.45) is 1.33. The Morgan fingerprint density at radius 2 is 2.12 bits per heavy atom. The topological polar surface area (TPSA) is 97.5 Å². The smallest absolute Gasteiger partial charge is 0.342 e. The highest BCUT2D eigenvalue weighted by molar-refractivity contribution is 7.99. The van der Waals surface area contributed by atoms with Crippen LogP contribution in [-0.4, -0.2) is 32.3 Å². The summed E-state index contributed by atoms with van der Waals surface area (Å²) in [5.41, 5.74) is -1.01. The Labute approximate surface area is 91.7 Å². The Hall–Kier alpha value is -1.89. The number of hydrogen-bond acceptors (Lipinski definition) is 4. The second-order valence-electron chi connectivity index (χ2n) is 3.25. The van der Waals surface area contributed by atoms with Crippen molar-refractivity contribution in [2.45, 2.75) is 4.90 Å². The van der Waals surface area contributed by atoms with Crippen molar-refractivity contribution in [1.82, 2.24) is 0 Å². The largest absolute Gasteiger partial charge is 0.477 e. The molecular weight excluding hydrogens is 234 g/mol. The molecule has 86 valence electrons. The minimum atomic E-state index is -2.60. The maximum absolute atomic E-state index is 11.6. The zero-order chi connectivity index (χ0) is 12.5. The lowest BCUT2D eigenvalue weighted by molar-refractivity contribution is -0.385. The van der Waals surface area contributed by atoms with Gasteiger partial charge in [-0.3, -0.25) is 14.3 Å². The molecule has 7 heteroatoms. The molecule has 0 aromatic heterocycles. The number of aromatic carboxylic acids is 1. The highest BCUT2D eigenvalue weighted by Gasteiger charge is 2.21. The first-order valence-electron chi connectivity index (χ1n) is 4.07. The first-order valence-corrected chi connectivity index (χ1v) is 6.21. The van der Waals surface area contributed by atoms with E-state index in [1.807, 2.05) is 0 Å². The molecule has 1 atom stereocenters. The number of nitro benzene ring substituents is 1. The fraction of sp³-hybridized carbons (Fsp3) is 0.111. The zero-order valence-corrected chi connectivity index (χ0v) is 9.19. The number of rotatable bonds is 3. The molecule has 0 aliphatic heterocycles. The lowest BCUT2D eigenvalue weighted by Crippen LogP contribution is -2.05. The standard InChI is InChI=1S/C9H9NO5S/c1-16(2,15)6-3-4-7(9(11)12)8(5-6)10(13)14/h3-5H,1H2,2H3,(H,11,12). The van der Waals surface area contributed by atoms with E-state index < -0.39 is 31.7 Å². The number of hydrogen-bond donors (Lipinski definition) is 1. The minimum absolute atomic E-state index is 0.157. The third-order valence-electron chi connectivity index (χ3n) is 1.89. The quantitative estimate of drug-likeness (QED) is 0.485. The van der Waals surface area contributed by atoms with Crippen molar-refractivity contribution in [1.29, 1.82) is 0 Å². The van der Waals surface area contributed by atoms with Gasteiger partial charge in [-0.05, 0) is 27.5 Å². The summed E-state index contributed by atoms with van der Waals surface area (Å²) in [4.78, 5) is 20.7. The Kier molecular flexibility index (Phi) is 2.99. The number of nitrogens with zero attached hydrogens (tertiary/aromatic N) is 1. The number of benzene rings is 1. The first kappa shape index (κ1) is 12.2. The molecule has 0 fully saturated rings. The lowest BCUT2D eigenvalue weighted by atomic mass is 10.2. The molecule has 0 saturated heterocycles. The molecule has 1 N–H and O–H groups in total. The van der Waals surface area contributed by atoms with Crippen LogP contribution in [0, 0.1) is 10.1 Å². The molecule has 1 unspecified atom stereocenters. The average molecular weight is 243 g/mol. The van der Waals surface area contributed by atoms with E-state index in [-0.39, 0.29) is 4.90 Å². The molecule has 0 aliphatic carbocycles. The minimum Gasteiger partial charge on any atom is -0.477 e. The van der Waals surface area contributed by atoms with Crippen LogP contribution in [0.15, 0.2) is 23.1 Å². The van der Waals surface area contributed by atoms with E-state index in [0.717, 1.165) is 12.1 Å². The number of carbonyl (C=O) groups is 1. The number of nitro groups is 1. The van der Waals surface area contributed by atoms with Crippen LogP contribution < -0.4 is 0 Å². The third kappa shape index (κ3) is 2.37. The van der Waals surface area contributed by atoms with Gasteiger partial charge in [-0.25, -0.2) is 4.79 Å². The van der Waals surface area contributed by atoms with Gasteiger partial charge < -0.3 is 5.11 Å². The van der Waals surface area contributed by atoms with Crippen molar-refractivity contribution in [3.8, 4) is 0 Å². The Balaban J connectivity index is 3.52. The fourth-order valence-corrected chi connectivity index (χ4v) is 1.83. The van der Waals surface area contributed by atoms with Gasteiger partial charge in [0.2, 0.25) is 0 Å². The van der Waals surface area contributed by atoms with E-state index in [4.69, 9.17) is 5.11 Å². The molecule has 0 saturated carbocycles. The normalized spacial score (nSPS) is 14.1. The summed E-state index contributed by atoms with van der Waals surface area (Å²) < 4.78 is 11.6. The first-order chi connectivity index (χ1) is 7.23. The molecular formula is C9H9NO5S. The van der Waals surface area contributed by atoms with Gasteiger partial charge in [-0.15, -0.1) is 0 Å². The maximum atomic E-state index is 11.6. The van der Waals surface area contributed by atoms with E-state index >= 15 is 0 Å². The Morgan fingerprint density at radius 3 is 2.50 bits per heavy atom. The summed E-state index contributed by atoms with van der Waals surface area (Å²) in [6, 6.07) is 3.31. The van der Waals surface area contributed by atoms with Gasteiger partial charge in [0.25, 0.3) is 5.69 Å². The van der Waals surface area contributed by atoms with Gasteiger partial charge in [-0.2, -0.15) is 0 Å². The van der Waals surface area contributed by atoms with Crippen LogP contribution in [0.1, 0.15) is 10.4 Å². The number of carboxylic acids is 1. The van der Waals surface area contributed by atoms with E-state index in [0.29, 0.717) is 0 Å². The van der Waals surface area contributed by atoms with Crippen LogP contribution >= 0.6 is 0 Å². The van der Waals surface area contributed by atoms with Crippen molar-refractivity contribution >= 4 is 27.0 Å².